The fraction of sp³-hybridized carbons (Fsp3) is 0.381. The predicted molar refractivity (Wildman–Crippen MR) is 116 cm³/mol. The molecule has 4 rings (SSSR count). The van der Waals surface area contributed by atoms with Crippen LogP contribution in [0.15, 0.2) is 48.0 Å². The number of rotatable bonds is 5. The maximum atomic E-state index is 13.5. The third kappa shape index (κ3) is 4.31. The van der Waals surface area contributed by atoms with Crippen molar-refractivity contribution in [3.8, 4) is 11.1 Å². The van der Waals surface area contributed by atoms with Crippen LogP contribution in [-0.2, 0) is 17.1 Å². The van der Waals surface area contributed by atoms with Gasteiger partial charge in [-0.2, -0.15) is 4.31 Å². The Morgan fingerprint density at radius 3 is 2.55 bits per heavy atom. The minimum atomic E-state index is -3.69. The Hall–Kier alpha value is -2.85. The predicted octanol–water partition coefficient (Wildman–Crippen LogP) is 2.65. The summed E-state index contributed by atoms with van der Waals surface area (Å²) in [5.74, 6) is 0.112. The lowest BCUT2D eigenvalue weighted by Crippen LogP contribution is -2.39. The van der Waals surface area contributed by atoms with Gasteiger partial charge in [0, 0.05) is 58.1 Å². The van der Waals surface area contributed by atoms with Gasteiger partial charge >= 0.3 is 0 Å². The van der Waals surface area contributed by atoms with Gasteiger partial charge in [-0.3, -0.25) is 0 Å². The number of piperidine rings is 1. The van der Waals surface area contributed by atoms with Gasteiger partial charge in [-0.1, -0.05) is 12.1 Å². The van der Waals surface area contributed by atoms with Crippen molar-refractivity contribution in [3.63, 3.8) is 0 Å². The largest absolute Gasteiger partial charge is 0.347 e. The van der Waals surface area contributed by atoms with Crippen LogP contribution in [0.2, 0.25) is 0 Å². The highest BCUT2D eigenvalue weighted by atomic mass is 32.2. The van der Waals surface area contributed by atoms with Crippen LogP contribution in [0, 0.1) is 5.82 Å². The molecule has 0 spiro atoms. The molecule has 0 bridgehead atoms. The Balaban J connectivity index is 1.72. The Bertz CT molecular complexity index is 1180. The fourth-order valence-corrected chi connectivity index (χ4v) is 5.29. The highest BCUT2D eigenvalue weighted by Gasteiger charge is 2.34. The molecular weight excluding hydrogens is 419 g/mol. The van der Waals surface area contributed by atoms with Crippen LogP contribution in [0.1, 0.15) is 24.5 Å². The van der Waals surface area contributed by atoms with Crippen molar-refractivity contribution in [2.24, 2.45) is 7.05 Å². The number of hydrogen-bond donors (Lipinski definition) is 0. The summed E-state index contributed by atoms with van der Waals surface area (Å²) in [5.41, 5.74) is 2.35. The molecule has 0 saturated carbocycles. The molecule has 0 N–H and O–H groups in total. The minimum Gasteiger partial charge on any atom is -0.347 e. The Labute approximate surface area is 181 Å². The van der Waals surface area contributed by atoms with Gasteiger partial charge in [-0.05, 0) is 30.5 Å². The van der Waals surface area contributed by atoms with Crippen molar-refractivity contribution >= 4 is 16.0 Å². The zero-order chi connectivity index (χ0) is 22.2. The van der Waals surface area contributed by atoms with E-state index in [-0.39, 0.29) is 16.8 Å². The zero-order valence-electron chi connectivity index (χ0n) is 17.7. The highest BCUT2D eigenvalue weighted by Crippen LogP contribution is 2.35. The summed E-state index contributed by atoms with van der Waals surface area (Å²) in [7, 11) is 1.76. The maximum Gasteiger partial charge on any atom is 0.262 e. The molecule has 8 nitrogen and oxygen atoms in total. The third-order valence-electron chi connectivity index (χ3n) is 5.42. The van der Waals surface area contributed by atoms with Crippen LogP contribution in [0.4, 0.5) is 10.3 Å². The molecule has 0 radical (unpaired) electrons. The Morgan fingerprint density at radius 1 is 1.16 bits per heavy atom. The molecule has 1 aliphatic rings. The van der Waals surface area contributed by atoms with E-state index in [2.05, 4.69) is 9.97 Å². The van der Waals surface area contributed by atoms with E-state index in [1.807, 2.05) is 19.0 Å². The first-order chi connectivity index (χ1) is 14.8. The normalized spacial score (nSPS) is 17.6. The molecule has 0 amide bonds. The van der Waals surface area contributed by atoms with E-state index in [9.17, 15) is 12.8 Å². The lowest BCUT2D eigenvalue weighted by molar-refractivity contribution is 0.312. The monoisotopic (exact) mass is 444 g/mol. The number of halogens is 1. The zero-order valence-corrected chi connectivity index (χ0v) is 18.5. The first kappa shape index (κ1) is 21.4. The van der Waals surface area contributed by atoms with Crippen LogP contribution in [0.25, 0.3) is 11.1 Å². The van der Waals surface area contributed by atoms with Crippen molar-refractivity contribution in [1.82, 2.24) is 23.8 Å². The molecule has 1 aliphatic heterocycles. The van der Waals surface area contributed by atoms with Gasteiger partial charge < -0.3 is 9.47 Å². The van der Waals surface area contributed by atoms with Gasteiger partial charge in [-0.25, -0.2) is 27.8 Å². The number of aromatic nitrogens is 4. The molecule has 2 aromatic heterocycles. The second-order valence-corrected chi connectivity index (χ2v) is 9.83. The molecule has 1 fully saturated rings. The van der Waals surface area contributed by atoms with Gasteiger partial charge in [0.25, 0.3) is 10.0 Å². The minimum absolute atomic E-state index is 0.0473. The molecule has 1 atom stereocenters. The molecule has 3 aromatic rings. The molecule has 1 saturated heterocycles. The molecule has 0 unspecified atom stereocenters. The molecule has 31 heavy (non-hydrogen) atoms. The maximum absolute atomic E-state index is 13.5. The summed E-state index contributed by atoms with van der Waals surface area (Å²) in [6.07, 6.45) is 6.23. The third-order valence-corrected chi connectivity index (χ3v) is 7.17. The number of hydrogen-bond acceptors (Lipinski definition) is 6. The average molecular weight is 445 g/mol. The quantitative estimate of drug-likeness (QED) is 0.602. The van der Waals surface area contributed by atoms with Gasteiger partial charge in [0.2, 0.25) is 5.95 Å². The molecule has 3 heterocycles. The smallest absolute Gasteiger partial charge is 0.262 e. The van der Waals surface area contributed by atoms with E-state index in [1.54, 1.807) is 29.9 Å². The van der Waals surface area contributed by atoms with Gasteiger partial charge in [-0.15, -0.1) is 0 Å². The van der Waals surface area contributed by atoms with Crippen LogP contribution < -0.4 is 4.90 Å². The Morgan fingerprint density at radius 2 is 1.90 bits per heavy atom. The number of anilines is 1. The second-order valence-electron chi connectivity index (χ2n) is 7.95. The van der Waals surface area contributed by atoms with Crippen LogP contribution in [0.5, 0.6) is 0 Å². The summed E-state index contributed by atoms with van der Waals surface area (Å²) in [4.78, 5) is 15.0. The van der Waals surface area contributed by atoms with Gasteiger partial charge in [0.1, 0.15) is 5.82 Å². The van der Waals surface area contributed by atoms with E-state index in [0.29, 0.717) is 25.5 Å². The number of aryl methyl sites for hydroxylation is 1. The van der Waals surface area contributed by atoms with Crippen molar-refractivity contribution in [1.29, 1.82) is 0 Å². The first-order valence-corrected chi connectivity index (χ1v) is 11.5. The van der Waals surface area contributed by atoms with Crippen molar-refractivity contribution in [2.45, 2.75) is 23.8 Å². The van der Waals surface area contributed by atoms with Crippen LogP contribution in [0.3, 0.4) is 0 Å². The highest BCUT2D eigenvalue weighted by molar-refractivity contribution is 7.89. The van der Waals surface area contributed by atoms with Gasteiger partial charge in [0.05, 0.1) is 12.0 Å². The molecule has 0 aliphatic carbocycles. The summed E-state index contributed by atoms with van der Waals surface area (Å²) in [6.45, 7) is 0.740. The standard InChI is InChI=1S/C21H25FN6O2S/c1-26(2)21-23-11-18(15-6-8-17(22)9-7-15)20(25-21)16-5-4-10-28(12-16)31(29,30)19-13-27(3)14-24-19/h6-9,11,13-14,16H,4-5,10,12H2,1-3H3/t16-/m1/s1. The van der Waals surface area contributed by atoms with Crippen LogP contribution >= 0.6 is 0 Å². The number of benzene rings is 1. The average Bonchev–Trinajstić information content (AvgIpc) is 3.21. The van der Waals surface area contributed by atoms with Crippen molar-refractivity contribution in [2.75, 3.05) is 32.1 Å². The number of nitrogens with zero attached hydrogens (tertiary/aromatic N) is 6. The number of imidazole rings is 1. The van der Waals surface area contributed by atoms with E-state index in [4.69, 9.17) is 4.98 Å². The van der Waals surface area contributed by atoms with Crippen molar-refractivity contribution in [3.05, 3.63) is 54.5 Å². The molecule has 10 heteroatoms. The van der Waals surface area contributed by atoms with Gasteiger partial charge in [0.15, 0.2) is 5.03 Å². The SMILES string of the molecule is CN(C)c1ncc(-c2ccc(F)cc2)c([C@@H]2CCCN(S(=O)(=O)c3cn(C)cn3)C2)n1. The second kappa shape index (κ2) is 8.35. The summed E-state index contributed by atoms with van der Waals surface area (Å²) in [5, 5.41) is 0.0473. The van der Waals surface area contributed by atoms with E-state index in [0.717, 1.165) is 23.2 Å². The number of sulfonamides is 1. The molecular formula is C21H25FN6O2S. The summed E-state index contributed by atoms with van der Waals surface area (Å²) >= 11 is 0. The van der Waals surface area contributed by atoms with E-state index in [1.165, 1.54) is 29.0 Å². The fourth-order valence-electron chi connectivity index (χ4n) is 3.80. The van der Waals surface area contributed by atoms with E-state index < -0.39 is 10.0 Å². The molecule has 164 valence electrons. The topological polar surface area (TPSA) is 84.2 Å². The lowest BCUT2D eigenvalue weighted by atomic mass is 9.91. The molecule has 1 aromatic carbocycles. The Kier molecular flexibility index (Phi) is 5.76. The summed E-state index contributed by atoms with van der Waals surface area (Å²) in [6, 6.07) is 6.19. The van der Waals surface area contributed by atoms with E-state index >= 15 is 0 Å². The van der Waals surface area contributed by atoms with Crippen LogP contribution in [-0.4, -0.2) is 59.4 Å². The lowest BCUT2D eigenvalue weighted by Gasteiger charge is -2.32. The first-order valence-electron chi connectivity index (χ1n) is 10.0. The van der Waals surface area contributed by atoms with Crippen molar-refractivity contribution < 1.29 is 12.8 Å². The summed E-state index contributed by atoms with van der Waals surface area (Å²) < 4.78 is 42.8.